The molecule has 0 fully saturated rings. The predicted molar refractivity (Wildman–Crippen MR) is 51.7 cm³/mol. The van der Waals surface area contributed by atoms with E-state index in [1.807, 2.05) is 12.1 Å². The van der Waals surface area contributed by atoms with Crippen LogP contribution in [0.3, 0.4) is 0 Å². The highest BCUT2D eigenvalue weighted by Gasteiger charge is 2.05. The molecule has 66 valence electrons. The van der Waals surface area contributed by atoms with Gasteiger partial charge < -0.3 is 5.11 Å². The van der Waals surface area contributed by atoms with Crippen LogP contribution in [0.5, 0.6) is 5.75 Å². The first-order chi connectivity index (χ1) is 5.61. The van der Waals surface area contributed by atoms with Crippen LogP contribution in [0.2, 0.25) is 5.02 Å². The van der Waals surface area contributed by atoms with E-state index in [1.165, 1.54) is 0 Å². The minimum Gasteiger partial charge on any atom is -0.506 e. The molecule has 0 spiro atoms. The number of benzene rings is 1. The van der Waals surface area contributed by atoms with Crippen molar-refractivity contribution >= 4 is 11.6 Å². The third-order valence-corrected chi connectivity index (χ3v) is 2.00. The van der Waals surface area contributed by atoms with Crippen molar-refractivity contribution in [2.45, 2.75) is 20.3 Å². The molecular formula is C10H13ClO. The van der Waals surface area contributed by atoms with Crippen LogP contribution in [0, 0.1) is 5.92 Å². The fourth-order valence-corrected chi connectivity index (χ4v) is 1.36. The first-order valence-corrected chi connectivity index (χ1v) is 4.45. The molecule has 0 aromatic heterocycles. The summed E-state index contributed by atoms with van der Waals surface area (Å²) in [7, 11) is 0. The maximum absolute atomic E-state index is 9.51. The van der Waals surface area contributed by atoms with Crippen molar-refractivity contribution in [3.8, 4) is 5.75 Å². The fourth-order valence-electron chi connectivity index (χ4n) is 1.16. The highest BCUT2D eigenvalue weighted by atomic mass is 35.5. The van der Waals surface area contributed by atoms with Gasteiger partial charge in [0.2, 0.25) is 0 Å². The highest BCUT2D eigenvalue weighted by molar-refractivity contribution is 6.32. The van der Waals surface area contributed by atoms with Crippen molar-refractivity contribution in [2.24, 2.45) is 5.92 Å². The van der Waals surface area contributed by atoms with Crippen LogP contribution < -0.4 is 0 Å². The van der Waals surface area contributed by atoms with Crippen LogP contribution in [0.1, 0.15) is 19.4 Å². The summed E-state index contributed by atoms with van der Waals surface area (Å²) in [6.45, 7) is 4.22. The molecular weight excluding hydrogens is 172 g/mol. The number of halogens is 1. The molecule has 1 aromatic rings. The normalized spacial score (nSPS) is 10.7. The Balaban J connectivity index is 2.92. The molecule has 1 aromatic carbocycles. The fraction of sp³-hybridized carbons (Fsp3) is 0.400. The molecule has 12 heavy (non-hydrogen) atoms. The van der Waals surface area contributed by atoms with Gasteiger partial charge in [-0.15, -0.1) is 0 Å². The molecule has 0 saturated carbocycles. The summed E-state index contributed by atoms with van der Waals surface area (Å²) in [5, 5.41) is 9.95. The van der Waals surface area contributed by atoms with Crippen molar-refractivity contribution in [3.05, 3.63) is 28.8 Å². The summed E-state index contributed by atoms with van der Waals surface area (Å²) in [6.07, 6.45) is 0.867. The third-order valence-electron chi connectivity index (χ3n) is 1.70. The van der Waals surface area contributed by atoms with E-state index in [0.29, 0.717) is 10.9 Å². The molecule has 2 heteroatoms. The topological polar surface area (TPSA) is 20.2 Å². The summed E-state index contributed by atoms with van der Waals surface area (Å²) >= 11 is 5.75. The Hall–Kier alpha value is -0.690. The van der Waals surface area contributed by atoms with Crippen LogP contribution >= 0.6 is 11.6 Å². The number of hydrogen-bond donors (Lipinski definition) is 1. The van der Waals surface area contributed by atoms with E-state index in [4.69, 9.17) is 11.6 Å². The molecule has 0 unspecified atom stereocenters. The predicted octanol–water partition coefficient (Wildman–Crippen LogP) is 3.24. The van der Waals surface area contributed by atoms with Crippen molar-refractivity contribution in [1.82, 2.24) is 0 Å². The van der Waals surface area contributed by atoms with Gasteiger partial charge in [0.05, 0.1) is 5.02 Å². The average molecular weight is 185 g/mol. The van der Waals surface area contributed by atoms with Gasteiger partial charge in [-0.25, -0.2) is 0 Å². The van der Waals surface area contributed by atoms with E-state index in [0.717, 1.165) is 12.0 Å². The molecule has 1 N–H and O–H groups in total. The molecule has 1 nitrogen and oxygen atoms in total. The van der Waals surface area contributed by atoms with E-state index in [1.54, 1.807) is 6.07 Å². The minimum absolute atomic E-state index is 0.230. The maximum Gasteiger partial charge on any atom is 0.137 e. The minimum atomic E-state index is 0.230. The Morgan fingerprint density at radius 1 is 1.42 bits per heavy atom. The van der Waals surface area contributed by atoms with Crippen molar-refractivity contribution < 1.29 is 5.11 Å². The van der Waals surface area contributed by atoms with Gasteiger partial charge in [-0.2, -0.15) is 0 Å². The van der Waals surface area contributed by atoms with Gasteiger partial charge in [0.15, 0.2) is 0 Å². The Morgan fingerprint density at radius 2 is 2.08 bits per heavy atom. The van der Waals surface area contributed by atoms with Crippen LogP contribution in [0.25, 0.3) is 0 Å². The third kappa shape index (κ3) is 2.15. The Morgan fingerprint density at radius 3 is 2.67 bits per heavy atom. The molecule has 0 bridgehead atoms. The van der Waals surface area contributed by atoms with Crippen molar-refractivity contribution in [1.29, 1.82) is 0 Å². The monoisotopic (exact) mass is 184 g/mol. The largest absolute Gasteiger partial charge is 0.506 e. The average Bonchev–Trinajstić information content (AvgIpc) is 1.98. The van der Waals surface area contributed by atoms with E-state index in [2.05, 4.69) is 13.8 Å². The van der Waals surface area contributed by atoms with Crippen LogP contribution in [0.15, 0.2) is 18.2 Å². The number of para-hydroxylation sites is 1. The standard InChI is InChI=1S/C10H13ClO/c1-7(2)6-8-4-3-5-9(11)10(8)12/h3-5,7,12H,6H2,1-2H3. The van der Waals surface area contributed by atoms with Gasteiger partial charge in [-0.05, 0) is 24.0 Å². The lowest BCUT2D eigenvalue weighted by molar-refractivity contribution is 0.463. The van der Waals surface area contributed by atoms with Gasteiger partial charge in [-0.1, -0.05) is 37.6 Å². The number of hydrogen-bond acceptors (Lipinski definition) is 1. The van der Waals surface area contributed by atoms with Gasteiger partial charge in [0, 0.05) is 0 Å². The number of phenols is 1. The lowest BCUT2D eigenvalue weighted by atomic mass is 10.0. The van der Waals surface area contributed by atoms with Crippen LogP contribution in [0.4, 0.5) is 0 Å². The zero-order valence-corrected chi connectivity index (χ0v) is 8.10. The van der Waals surface area contributed by atoms with Gasteiger partial charge >= 0.3 is 0 Å². The summed E-state index contributed by atoms with van der Waals surface area (Å²) in [4.78, 5) is 0. The molecule has 0 aliphatic carbocycles. The smallest absolute Gasteiger partial charge is 0.137 e. The molecule has 0 amide bonds. The SMILES string of the molecule is CC(C)Cc1cccc(Cl)c1O. The number of aromatic hydroxyl groups is 1. The lowest BCUT2D eigenvalue weighted by Gasteiger charge is -2.07. The molecule has 0 radical (unpaired) electrons. The second-order valence-electron chi connectivity index (χ2n) is 3.35. The second-order valence-corrected chi connectivity index (χ2v) is 3.75. The quantitative estimate of drug-likeness (QED) is 0.748. The number of phenolic OH excluding ortho intramolecular Hbond substituents is 1. The van der Waals surface area contributed by atoms with Crippen molar-refractivity contribution in [2.75, 3.05) is 0 Å². The Bertz CT molecular complexity index is 269. The lowest BCUT2D eigenvalue weighted by Crippen LogP contribution is -1.94. The summed E-state index contributed by atoms with van der Waals surface area (Å²) in [5.41, 5.74) is 0.928. The summed E-state index contributed by atoms with van der Waals surface area (Å²) < 4.78 is 0. The van der Waals surface area contributed by atoms with Gasteiger partial charge in [0.1, 0.15) is 5.75 Å². The van der Waals surface area contributed by atoms with E-state index >= 15 is 0 Å². The first-order valence-electron chi connectivity index (χ1n) is 4.07. The van der Waals surface area contributed by atoms with Gasteiger partial charge in [0.25, 0.3) is 0 Å². The van der Waals surface area contributed by atoms with E-state index in [-0.39, 0.29) is 5.75 Å². The van der Waals surface area contributed by atoms with Crippen LogP contribution in [-0.4, -0.2) is 5.11 Å². The van der Waals surface area contributed by atoms with Crippen LogP contribution in [-0.2, 0) is 6.42 Å². The van der Waals surface area contributed by atoms with Gasteiger partial charge in [-0.3, -0.25) is 0 Å². The maximum atomic E-state index is 9.51. The first kappa shape index (κ1) is 9.40. The molecule has 0 atom stereocenters. The molecule has 1 rings (SSSR count). The Kier molecular flexibility index (Phi) is 2.99. The summed E-state index contributed by atoms with van der Waals surface area (Å²) in [6, 6.07) is 5.46. The summed E-state index contributed by atoms with van der Waals surface area (Å²) in [5.74, 6) is 0.766. The number of rotatable bonds is 2. The van der Waals surface area contributed by atoms with E-state index in [9.17, 15) is 5.11 Å². The Labute approximate surface area is 78.0 Å². The second kappa shape index (κ2) is 3.81. The zero-order valence-electron chi connectivity index (χ0n) is 7.34. The van der Waals surface area contributed by atoms with E-state index < -0.39 is 0 Å². The molecule has 0 heterocycles. The molecule has 0 aliphatic rings. The zero-order chi connectivity index (χ0) is 9.14. The molecule has 0 saturated heterocycles. The highest BCUT2D eigenvalue weighted by Crippen LogP contribution is 2.28. The molecule has 0 aliphatic heterocycles. The van der Waals surface area contributed by atoms with Crippen molar-refractivity contribution in [3.63, 3.8) is 0 Å².